The van der Waals surface area contributed by atoms with Gasteiger partial charge in [-0.25, -0.2) is 13.2 Å². The largest absolute Gasteiger partial charge is 0.329 e. The van der Waals surface area contributed by atoms with Crippen LogP contribution in [-0.2, 0) is 23.1 Å². The fourth-order valence-electron chi connectivity index (χ4n) is 3.20. The van der Waals surface area contributed by atoms with Crippen LogP contribution >= 0.6 is 0 Å². The van der Waals surface area contributed by atoms with Gasteiger partial charge in [0, 0.05) is 13.1 Å². The molecule has 1 heterocycles. The van der Waals surface area contributed by atoms with Crippen molar-refractivity contribution in [1.82, 2.24) is 9.13 Å². The van der Waals surface area contributed by atoms with E-state index in [4.69, 9.17) is 0 Å². The zero-order chi connectivity index (χ0) is 19.1. The van der Waals surface area contributed by atoms with Crippen LogP contribution in [0, 0.1) is 13.8 Å². The first-order valence-electron chi connectivity index (χ1n) is 8.61. The van der Waals surface area contributed by atoms with Gasteiger partial charge in [0.2, 0.25) is 0 Å². The molecule has 0 aliphatic carbocycles. The first-order chi connectivity index (χ1) is 12.3. The molecule has 26 heavy (non-hydrogen) atoms. The number of benzene rings is 2. The van der Waals surface area contributed by atoms with Crippen LogP contribution in [0.25, 0.3) is 11.0 Å². The lowest BCUT2D eigenvalue weighted by Gasteiger charge is -2.11. The molecule has 0 unspecified atom stereocenters. The Hall–Kier alpha value is -2.54. The summed E-state index contributed by atoms with van der Waals surface area (Å²) in [6.07, 6.45) is 0. The summed E-state index contributed by atoms with van der Waals surface area (Å²) >= 11 is 0. The molecule has 3 aromatic rings. The second-order valence-electron chi connectivity index (χ2n) is 6.35. The molecule has 0 saturated heterocycles. The predicted octanol–water partition coefficient (Wildman–Crippen LogP) is 3.26. The van der Waals surface area contributed by atoms with Crippen LogP contribution in [0.4, 0.5) is 5.69 Å². The molecular weight excluding hydrogens is 350 g/mol. The Balaban J connectivity index is 2.09. The van der Waals surface area contributed by atoms with E-state index in [0.29, 0.717) is 24.3 Å². The maximum atomic E-state index is 12.8. The second-order valence-corrected chi connectivity index (χ2v) is 8.00. The van der Waals surface area contributed by atoms with Crippen LogP contribution in [0.15, 0.2) is 46.1 Å². The molecule has 0 bridgehead atoms. The van der Waals surface area contributed by atoms with Crippen LogP contribution in [0.2, 0.25) is 0 Å². The van der Waals surface area contributed by atoms with Crippen molar-refractivity contribution in [1.29, 1.82) is 0 Å². The first-order valence-corrected chi connectivity index (χ1v) is 10.1. The maximum absolute atomic E-state index is 12.8. The lowest BCUT2D eigenvalue weighted by molar-refractivity contribution is 0.600. The number of aromatic nitrogens is 2. The van der Waals surface area contributed by atoms with Crippen LogP contribution < -0.4 is 10.4 Å². The number of aryl methyl sites for hydroxylation is 4. The summed E-state index contributed by atoms with van der Waals surface area (Å²) in [5, 5.41) is 0. The Bertz CT molecular complexity index is 1140. The van der Waals surface area contributed by atoms with E-state index in [2.05, 4.69) is 4.72 Å². The number of hydrogen-bond acceptors (Lipinski definition) is 3. The molecule has 2 aromatic carbocycles. The highest BCUT2D eigenvalue weighted by Gasteiger charge is 2.18. The lowest BCUT2D eigenvalue weighted by Crippen LogP contribution is -2.23. The molecule has 0 saturated carbocycles. The van der Waals surface area contributed by atoms with Gasteiger partial charge < -0.3 is 0 Å². The zero-order valence-electron chi connectivity index (χ0n) is 15.4. The molecule has 7 heteroatoms. The molecule has 138 valence electrons. The van der Waals surface area contributed by atoms with Crippen LogP contribution in [0.1, 0.15) is 25.0 Å². The van der Waals surface area contributed by atoms with Gasteiger partial charge in [-0.1, -0.05) is 12.1 Å². The number of fused-ring (bicyclic) bond motifs is 1. The van der Waals surface area contributed by atoms with Gasteiger partial charge in [-0.15, -0.1) is 0 Å². The number of anilines is 1. The Labute approximate surface area is 153 Å². The van der Waals surface area contributed by atoms with Gasteiger partial charge in [0.05, 0.1) is 21.6 Å². The Kier molecular flexibility index (Phi) is 4.66. The molecule has 1 aromatic heterocycles. The van der Waals surface area contributed by atoms with Gasteiger partial charge in [0.15, 0.2) is 0 Å². The number of imidazole rings is 1. The summed E-state index contributed by atoms with van der Waals surface area (Å²) in [4.78, 5) is 12.7. The quantitative estimate of drug-likeness (QED) is 0.746. The second kappa shape index (κ2) is 6.64. The maximum Gasteiger partial charge on any atom is 0.329 e. The molecule has 1 N–H and O–H groups in total. The summed E-state index contributed by atoms with van der Waals surface area (Å²) in [5.74, 6) is 0. The van der Waals surface area contributed by atoms with Gasteiger partial charge in [-0.2, -0.15) is 0 Å². The van der Waals surface area contributed by atoms with Crippen molar-refractivity contribution in [3.8, 4) is 0 Å². The Morgan fingerprint density at radius 3 is 2.23 bits per heavy atom. The predicted molar refractivity (Wildman–Crippen MR) is 104 cm³/mol. The van der Waals surface area contributed by atoms with E-state index in [0.717, 1.165) is 16.6 Å². The summed E-state index contributed by atoms with van der Waals surface area (Å²) in [7, 11) is -3.71. The first kappa shape index (κ1) is 18.3. The van der Waals surface area contributed by atoms with Crippen molar-refractivity contribution in [3.63, 3.8) is 0 Å². The van der Waals surface area contributed by atoms with Crippen molar-refractivity contribution in [2.24, 2.45) is 0 Å². The molecule has 3 rings (SSSR count). The third-order valence-electron chi connectivity index (χ3n) is 4.54. The highest BCUT2D eigenvalue weighted by molar-refractivity contribution is 7.92. The number of hydrogen-bond donors (Lipinski definition) is 1. The minimum Gasteiger partial charge on any atom is -0.292 e. The number of rotatable bonds is 5. The van der Waals surface area contributed by atoms with E-state index < -0.39 is 10.0 Å². The molecular formula is C19H23N3O3S. The average Bonchev–Trinajstić information content (AvgIpc) is 2.86. The molecule has 0 spiro atoms. The van der Waals surface area contributed by atoms with Crippen LogP contribution in [-0.4, -0.2) is 17.6 Å². The minimum absolute atomic E-state index is 0.0838. The molecule has 0 aliphatic heterocycles. The number of nitrogens with one attached hydrogen (secondary N) is 1. The smallest absolute Gasteiger partial charge is 0.292 e. The van der Waals surface area contributed by atoms with E-state index in [-0.39, 0.29) is 10.6 Å². The summed E-state index contributed by atoms with van der Waals surface area (Å²) in [5.41, 5.74) is 3.45. The van der Waals surface area contributed by atoms with E-state index >= 15 is 0 Å². The van der Waals surface area contributed by atoms with E-state index in [1.807, 2.05) is 26.8 Å². The molecule has 0 aliphatic rings. The van der Waals surface area contributed by atoms with Gasteiger partial charge in [-0.05, 0) is 63.1 Å². The van der Waals surface area contributed by atoms with Crippen molar-refractivity contribution in [2.45, 2.75) is 45.7 Å². The summed E-state index contributed by atoms with van der Waals surface area (Å²) < 4.78 is 31.6. The number of sulfonamides is 1. The SMILES string of the molecule is CCn1c(=O)n(CC)c2cc(NS(=O)(=O)c3cc(C)ccc3C)ccc21. The highest BCUT2D eigenvalue weighted by atomic mass is 32.2. The monoisotopic (exact) mass is 373 g/mol. The normalized spacial score (nSPS) is 11.8. The van der Waals surface area contributed by atoms with E-state index in [9.17, 15) is 13.2 Å². The van der Waals surface area contributed by atoms with Crippen LogP contribution in [0.3, 0.4) is 0 Å². The van der Waals surface area contributed by atoms with E-state index in [1.165, 1.54) is 0 Å². The molecule has 0 amide bonds. The van der Waals surface area contributed by atoms with Gasteiger partial charge >= 0.3 is 5.69 Å². The molecule has 6 nitrogen and oxygen atoms in total. The fraction of sp³-hybridized carbons (Fsp3) is 0.316. The third kappa shape index (κ3) is 3.03. The van der Waals surface area contributed by atoms with Crippen molar-refractivity contribution < 1.29 is 8.42 Å². The van der Waals surface area contributed by atoms with E-state index in [1.54, 1.807) is 46.4 Å². The third-order valence-corrected chi connectivity index (χ3v) is 6.06. The topological polar surface area (TPSA) is 73.1 Å². The minimum atomic E-state index is -3.71. The highest BCUT2D eigenvalue weighted by Crippen LogP contribution is 2.23. The molecule has 0 fully saturated rings. The molecule has 0 radical (unpaired) electrons. The lowest BCUT2D eigenvalue weighted by atomic mass is 10.2. The molecule has 0 atom stereocenters. The van der Waals surface area contributed by atoms with Gasteiger partial charge in [0.1, 0.15) is 0 Å². The standard InChI is InChI=1S/C19H23N3O3S/c1-5-21-16-10-9-15(12-17(16)22(6-2)19(21)23)20-26(24,25)18-11-13(3)7-8-14(18)4/h7-12,20H,5-6H2,1-4H3. The van der Waals surface area contributed by atoms with Crippen molar-refractivity contribution in [3.05, 3.63) is 58.0 Å². The fourth-order valence-corrected chi connectivity index (χ4v) is 4.58. The number of nitrogens with zero attached hydrogens (tertiary/aromatic N) is 2. The summed E-state index contributed by atoms with van der Waals surface area (Å²) in [6, 6.07) is 10.5. The Morgan fingerprint density at radius 2 is 1.58 bits per heavy atom. The van der Waals surface area contributed by atoms with Gasteiger partial charge in [0.25, 0.3) is 10.0 Å². The Morgan fingerprint density at radius 1 is 0.923 bits per heavy atom. The zero-order valence-corrected chi connectivity index (χ0v) is 16.2. The average molecular weight is 373 g/mol. The van der Waals surface area contributed by atoms with Crippen molar-refractivity contribution >= 4 is 26.7 Å². The van der Waals surface area contributed by atoms with Gasteiger partial charge in [-0.3, -0.25) is 13.9 Å². The summed E-state index contributed by atoms with van der Waals surface area (Å²) in [6.45, 7) is 8.53. The van der Waals surface area contributed by atoms with Crippen LogP contribution in [0.5, 0.6) is 0 Å². The van der Waals surface area contributed by atoms with Crippen molar-refractivity contribution in [2.75, 3.05) is 4.72 Å².